The Balaban J connectivity index is 1.60. The van der Waals surface area contributed by atoms with Crippen molar-refractivity contribution in [2.45, 2.75) is 38.2 Å². The summed E-state index contributed by atoms with van der Waals surface area (Å²) in [7, 11) is 0. The minimum Gasteiger partial charge on any atom is -0.491 e. The Morgan fingerprint density at radius 3 is 2.94 bits per heavy atom. The van der Waals surface area contributed by atoms with E-state index in [2.05, 4.69) is 16.7 Å². The molecule has 176 valence electrons. The highest BCUT2D eigenvalue weighted by atomic mass is 16.5. The van der Waals surface area contributed by atoms with Crippen LogP contribution in [-0.2, 0) is 30.3 Å². The smallest absolute Gasteiger partial charge is 0.325 e. The summed E-state index contributed by atoms with van der Waals surface area (Å²) in [5, 5.41) is 5.51. The lowest BCUT2D eigenvalue weighted by atomic mass is 9.91. The molecular formula is C23H33N3O6. The summed E-state index contributed by atoms with van der Waals surface area (Å²) in [6.45, 7) is 3.88. The zero-order valence-corrected chi connectivity index (χ0v) is 18.7. The topological polar surface area (TPSA) is 106 Å². The van der Waals surface area contributed by atoms with Crippen LogP contribution in [0.4, 0.5) is 0 Å². The van der Waals surface area contributed by atoms with Crippen molar-refractivity contribution in [3.8, 4) is 5.75 Å². The summed E-state index contributed by atoms with van der Waals surface area (Å²) in [6, 6.07) is 7.99. The normalized spacial score (nSPS) is 22.5. The number of nitrogens with zero attached hydrogens (tertiary/aromatic N) is 1. The van der Waals surface area contributed by atoms with Gasteiger partial charge in [-0.1, -0.05) is 18.2 Å². The first-order valence-electron chi connectivity index (χ1n) is 11.3. The van der Waals surface area contributed by atoms with Crippen LogP contribution < -0.4 is 15.4 Å². The number of nitrogens with one attached hydrogen (secondary N) is 2. The van der Waals surface area contributed by atoms with Crippen LogP contribution in [-0.4, -0.2) is 80.8 Å². The summed E-state index contributed by atoms with van der Waals surface area (Å²) in [5.74, 6) is -0.0620. The second-order valence-corrected chi connectivity index (χ2v) is 8.05. The average Bonchev–Trinajstić information content (AvgIpc) is 2.78. The van der Waals surface area contributed by atoms with Gasteiger partial charge in [0.25, 0.3) is 5.91 Å². The highest BCUT2D eigenvalue weighted by Crippen LogP contribution is 2.27. The Hall–Kier alpha value is -2.65. The molecule has 1 saturated heterocycles. The van der Waals surface area contributed by atoms with Crippen molar-refractivity contribution in [3.63, 3.8) is 0 Å². The highest BCUT2D eigenvalue weighted by Gasteiger charge is 2.43. The molecule has 0 bridgehead atoms. The number of fused-ring (bicyclic) bond motifs is 1. The van der Waals surface area contributed by atoms with E-state index in [1.54, 1.807) is 6.92 Å². The molecule has 2 aliphatic heterocycles. The van der Waals surface area contributed by atoms with Crippen molar-refractivity contribution >= 4 is 17.8 Å². The lowest BCUT2D eigenvalue weighted by Gasteiger charge is -2.41. The molecule has 2 heterocycles. The number of amides is 2. The molecule has 2 N–H and O–H groups in total. The molecule has 1 aromatic rings. The fraction of sp³-hybridized carbons (Fsp3) is 0.609. The molecule has 2 aliphatic rings. The van der Waals surface area contributed by atoms with Crippen molar-refractivity contribution in [1.29, 1.82) is 0 Å². The summed E-state index contributed by atoms with van der Waals surface area (Å²) in [6.07, 6.45) is 3.15. The van der Waals surface area contributed by atoms with Gasteiger partial charge in [0.05, 0.1) is 26.3 Å². The number of ether oxygens (including phenoxy) is 3. The quantitative estimate of drug-likeness (QED) is 0.639. The molecule has 0 radical (unpaired) electrons. The van der Waals surface area contributed by atoms with E-state index in [0.29, 0.717) is 39.3 Å². The van der Waals surface area contributed by atoms with E-state index in [1.165, 1.54) is 0 Å². The number of esters is 1. The van der Waals surface area contributed by atoms with E-state index in [1.807, 2.05) is 23.1 Å². The molecule has 0 saturated carbocycles. The van der Waals surface area contributed by atoms with Crippen molar-refractivity contribution < 1.29 is 28.6 Å². The third kappa shape index (κ3) is 6.67. The lowest BCUT2D eigenvalue weighted by Crippen LogP contribution is -2.61. The number of benzene rings is 1. The van der Waals surface area contributed by atoms with Crippen LogP contribution in [0.2, 0.25) is 0 Å². The van der Waals surface area contributed by atoms with Gasteiger partial charge in [-0.25, -0.2) is 0 Å². The zero-order chi connectivity index (χ0) is 22.8. The Morgan fingerprint density at radius 1 is 1.25 bits per heavy atom. The molecule has 9 heteroatoms. The molecule has 3 rings (SSSR count). The van der Waals surface area contributed by atoms with Gasteiger partial charge in [-0.2, -0.15) is 0 Å². The Labute approximate surface area is 188 Å². The van der Waals surface area contributed by atoms with Gasteiger partial charge < -0.3 is 24.8 Å². The Morgan fingerprint density at radius 2 is 2.09 bits per heavy atom. The SMILES string of the molecule is CCOC(=O)CNC(=O)CN1CCOC2(CCCCc3ccccc3OCCNC2=O)C1. The molecule has 0 aromatic heterocycles. The zero-order valence-electron chi connectivity index (χ0n) is 18.7. The van der Waals surface area contributed by atoms with Gasteiger partial charge in [-0.05, 0) is 44.2 Å². The molecule has 0 aliphatic carbocycles. The van der Waals surface area contributed by atoms with Crippen LogP contribution in [0.3, 0.4) is 0 Å². The monoisotopic (exact) mass is 447 g/mol. The lowest BCUT2D eigenvalue weighted by molar-refractivity contribution is -0.163. The average molecular weight is 448 g/mol. The van der Waals surface area contributed by atoms with Crippen molar-refractivity contribution in [2.75, 3.05) is 52.5 Å². The maximum Gasteiger partial charge on any atom is 0.325 e. The number of carbonyl (C=O) groups excluding carboxylic acids is 3. The largest absolute Gasteiger partial charge is 0.491 e. The minimum absolute atomic E-state index is 0.0915. The molecule has 9 nitrogen and oxygen atoms in total. The van der Waals surface area contributed by atoms with Crippen LogP contribution in [0.5, 0.6) is 5.75 Å². The summed E-state index contributed by atoms with van der Waals surface area (Å²) >= 11 is 0. The maximum absolute atomic E-state index is 13.1. The number of rotatable bonds is 5. The molecule has 1 fully saturated rings. The van der Waals surface area contributed by atoms with Crippen LogP contribution in [0.15, 0.2) is 24.3 Å². The van der Waals surface area contributed by atoms with Crippen LogP contribution >= 0.6 is 0 Å². The van der Waals surface area contributed by atoms with Gasteiger partial charge in [0, 0.05) is 13.1 Å². The Kier molecular flexibility index (Phi) is 8.87. The van der Waals surface area contributed by atoms with Crippen LogP contribution in [0, 0.1) is 0 Å². The molecule has 1 atom stereocenters. The Bertz CT molecular complexity index is 802. The predicted molar refractivity (Wildman–Crippen MR) is 117 cm³/mol. The van der Waals surface area contributed by atoms with E-state index in [0.717, 1.165) is 30.6 Å². The van der Waals surface area contributed by atoms with Gasteiger partial charge in [0.15, 0.2) is 5.60 Å². The van der Waals surface area contributed by atoms with E-state index < -0.39 is 11.6 Å². The summed E-state index contributed by atoms with van der Waals surface area (Å²) in [5.41, 5.74) is 0.163. The second kappa shape index (κ2) is 11.8. The van der Waals surface area contributed by atoms with E-state index >= 15 is 0 Å². The third-order valence-corrected chi connectivity index (χ3v) is 5.68. The number of aryl methyl sites for hydroxylation is 1. The summed E-state index contributed by atoms with van der Waals surface area (Å²) < 4.78 is 16.7. The third-order valence-electron chi connectivity index (χ3n) is 5.68. The number of carbonyl (C=O) groups is 3. The molecule has 32 heavy (non-hydrogen) atoms. The summed E-state index contributed by atoms with van der Waals surface area (Å²) in [4.78, 5) is 38.7. The van der Waals surface area contributed by atoms with Gasteiger partial charge in [0.2, 0.25) is 5.91 Å². The standard InChI is InChI=1S/C23H33N3O6/c1-2-30-21(28)15-25-20(27)16-26-12-14-32-23(17-26)10-6-5-8-18-7-3-4-9-19(18)31-13-11-24-22(23)29/h3-4,7,9H,2,5-6,8,10-17H2,1H3,(H,24,29)(H,25,27). The minimum atomic E-state index is -1.00. The molecule has 1 unspecified atom stereocenters. The van der Waals surface area contributed by atoms with Crippen molar-refractivity contribution in [3.05, 3.63) is 29.8 Å². The fourth-order valence-electron chi connectivity index (χ4n) is 4.10. The van der Waals surface area contributed by atoms with E-state index in [4.69, 9.17) is 14.2 Å². The van der Waals surface area contributed by atoms with E-state index in [9.17, 15) is 14.4 Å². The van der Waals surface area contributed by atoms with Crippen molar-refractivity contribution in [1.82, 2.24) is 15.5 Å². The first-order valence-corrected chi connectivity index (χ1v) is 11.3. The molecule has 1 aromatic carbocycles. The molecule has 2 amide bonds. The van der Waals surface area contributed by atoms with Crippen molar-refractivity contribution in [2.24, 2.45) is 0 Å². The first-order chi connectivity index (χ1) is 15.5. The number of para-hydroxylation sites is 1. The first kappa shape index (κ1) is 24.0. The number of hydrogen-bond donors (Lipinski definition) is 2. The highest BCUT2D eigenvalue weighted by molar-refractivity contribution is 5.86. The van der Waals surface area contributed by atoms with Crippen LogP contribution in [0.1, 0.15) is 31.7 Å². The van der Waals surface area contributed by atoms with E-state index in [-0.39, 0.29) is 31.5 Å². The van der Waals surface area contributed by atoms with Crippen LogP contribution in [0.25, 0.3) is 0 Å². The number of morpholine rings is 1. The molecule has 1 spiro atoms. The molecular weight excluding hydrogens is 414 g/mol. The number of hydrogen-bond acceptors (Lipinski definition) is 7. The van der Waals surface area contributed by atoms with Gasteiger partial charge in [-0.15, -0.1) is 0 Å². The van der Waals surface area contributed by atoms with Gasteiger partial charge in [-0.3, -0.25) is 19.3 Å². The predicted octanol–water partition coefficient (Wildman–Crippen LogP) is 0.658. The fourth-order valence-corrected chi connectivity index (χ4v) is 4.10. The second-order valence-electron chi connectivity index (χ2n) is 8.05. The van der Waals surface area contributed by atoms with Gasteiger partial charge in [0.1, 0.15) is 18.9 Å². The van der Waals surface area contributed by atoms with Gasteiger partial charge >= 0.3 is 5.97 Å². The maximum atomic E-state index is 13.1.